The van der Waals surface area contributed by atoms with E-state index < -0.39 is 6.10 Å². The Labute approximate surface area is 176 Å². The lowest BCUT2D eigenvalue weighted by Gasteiger charge is -2.22. The Balaban J connectivity index is 2.13. The summed E-state index contributed by atoms with van der Waals surface area (Å²) in [6.45, 7) is 6.34. The van der Waals surface area contributed by atoms with Gasteiger partial charge in [0.1, 0.15) is 11.8 Å². The van der Waals surface area contributed by atoms with Gasteiger partial charge in [0.2, 0.25) is 0 Å². The molecule has 0 spiro atoms. The second kappa shape index (κ2) is 10.6. The van der Waals surface area contributed by atoms with E-state index in [9.17, 15) is 10.1 Å². The molecule has 0 heterocycles. The Hall–Kier alpha value is -2.91. The van der Waals surface area contributed by atoms with Crippen molar-refractivity contribution in [2.75, 3.05) is 13.7 Å². The van der Waals surface area contributed by atoms with Crippen molar-refractivity contribution in [3.8, 4) is 23.3 Å². The van der Waals surface area contributed by atoms with E-state index in [1.54, 1.807) is 36.4 Å². The number of nitrogens with one attached hydrogen (secondary N) is 1. The first-order chi connectivity index (χ1) is 13.9. The minimum absolute atomic E-state index is 0.0970. The summed E-state index contributed by atoms with van der Waals surface area (Å²) < 4.78 is 16.7. The molecule has 0 fully saturated rings. The zero-order chi connectivity index (χ0) is 21.4. The first-order valence-electron chi connectivity index (χ1n) is 9.33. The molecule has 0 aliphatic carbocycles. The number of para-hydroxylation sites is 1. The summed E-state index contributed by atoms with van der Waals surface area (Å²) in [5.41, 5.74) is 1.15. The minimum atomic E-state index is -0.746. The zero-order valence-electron chi connectivity index (χ0n) is 17.0. The van der Waals surface area contributed by atoms with E-state index in [4.69, 9.17) is 25.8 Å². The number of benzene rings is 2. The van der Waals surface area contributed by atoms with Gasteiger partial charge in [-0.3, -0.25) is 4.79 Å². The number of rotatable bonds is 9. The van der Waals surface area contributed by atoms with Crippen LogP contribution in [0.2, 0.25) is 5.02 Å². The number of nitriles is 1. The molecule has 0 saturated heterocycles. The van der Waals surface area contributed by atoms with Crippen LogP contribution in [-0.4, -0.2) is 25.7 Å². The highest BCUT2D eigenvalue weighted by Crippen LogP contribution is 2.36. The van der Waals surface area contributed by atoms with Gasteiger partial charge in [0, 0.05) is 6.54 Å². The number of amides is 1. The van der Waals surface area contributed by atoms with E-state index in [0.29, 0.717) is 34.4 Å². The lowest BCUT2D eigenvalue weighted by atomic mass is 10.1. The number of hydrogen-bond donors (Lipinski definition) is 1. The van der Waals surface area contributed by atoms with Gasteiger partial charge in [0.05, 0.1) is 24.3 Å². The van der Waals surface area contributed by atoms with Crippen molar-refractivity contribution >= 4 is 17.5 Å². The summed E-state index contributed by atoms with van der Waals surface area (Å²) in [6, 6.07) is 12.4. The summed E-state index contributed by atoms with van der Waals surface area (Å²) >= 11 is 6.29. The molecule has 0 bridgehead atoms. The van der Waals surface area contributed by atoms with E-state index in [1.165, 1.54) is 7.11 Å². The van der Waals surface area contributed by atoms with Gasteiger partial charge in [0.15, 0.2) is 17.6 Å². The van der Waals surface area contributed by atoms with Crippen LogP contribution in [0.1, 0.15) is 31.9 Å². The highest BCUT2D eigenvalue weighted by molar-refractivity contribution is 6.32. The highest BCUT2D eigenvalue weighted by Gasteiger charge is 2.25. The molecule has 0 aliphatic heterocycles. The third-order valence-corrected chi connectivity index (χ3v) is 4.45. The summed E-state index contributed by atoms with van der Waals surface area (Å²) in [4.78, 5) is 12.8. The van der Waals surface area contributed by atoms with Crippen LogP contribution >= 0.6 is 11.6 Å². The molecular formula is C22H25ClN2O4. The van der Waals surface area contributed by atoms with Crippen molar-refractivity contribution in [2.24, 2.45) is 5.92 Å². The van der Waals surface area contributed by atoms with Crippen molar-refractivity contribution in [3.63, 3.8) is 0 Å². The molecule has 29 heavy (non-hydrogen) atoms. The van der Waals surface area contributed by atoms with Crippen LogP contribution in [0.5, 0.6) is 17.2 Å². The number of halogens is 1. The molecule has 6 nitrogen and oxygen atoms in total. The van der Waals surface area contributed by atoms with Crippen molar-refractivity contribution in [2.45, 2.75) is 33.4 Å². The predicted octanol–water partition coefficient (Wildman–Crippen LogP) is 4.34. The normalized spacial score (nSPS) is 11.5. The molecule has 0 aliphatic rings. The van der Waals surface area contributed by atoms with Crippen LogP contribution in [0.4, 0.5) is 0 Å². The van der Waals surface area contributed by atoms with Crippen molar-refractivity contribution in [1.29, 1.82) is 5.26 Å². The van der Waals surface area contributed by atoms with Gasteiger partial charge in [-0.15, -0.1) is 0 Å². The van der Waals surface area contributed by atoms with Gasteiger partial charge in [-0.1, -0.05) is 37.6 Å². The summed E-state index contributed by atoms with van der Waals surface area (Å²) in [5, 5.41) is 12.5. The molecule has 0 saturated carbocycles. The second-order valence-electron chi connectivity index (χ2n) is 6.65. The largest absolute Gasteiger partial charge is 0.493 e. The Morgan fingerprint density at radius 2 is 1.97 bits per heavy atom. The predicted molar refractivity (Wildman–Crippen MR) is 111 cm³/mol. The molecule has 1 N–H and O–H groups in total. The fourth-order valence-electron chi connectivity index (χ4n) is 2.74. The Morgan fingerprint density at radius 3 is 2.59 bits per heavy atom. The first-order valence-corrected chi connectivity index (χ1v) is 9.71. The van der Waals surface area contributed by atoms with Gasteiger partial charge in [-0.05, 0) is 42.7 Å². The van der Waals surface area contributed by atoms with E-state index in [-0.39, 0.29) is 18.4 Å². The average molecular weight is 417 g/mol. The van der Waals surface area contributed by atoms with Gasteiger partial charge in [-0.25, -0.2) is 0 Å². The van der Waals surface area contributed by atoms with E-state index in [2.05, 4.69) is 11.4 Å². The zero-order valence-corrected chi connectivity index (χ0v) is 17.7. The maximum absolute atomic E-state index is 12.8. The minimum Gasteiger partial charge on any atom is -0.493 e. The number of methoxy groups -OCH3 is 1. The van der Waals surface area contributed by atoms with Gasteiger partial charge < -0.3 is 19.5 Å². The average Bonchev–Trinajstić information content (AvgIpc) is 2.71. The van der Waals surface area contributed by atoms with E-state index >= 15 is 0 Å². The van der Waals surface area contributed by atoms with E-state index in [1.807, 2.05) is 20.8 Å². The molecule has 1 atom stereocenters. The number of hydrogen-bond acceptors (Lipinski definition) is 5. The first kappa shape index (κ1) is 22.4. The third kappa shape index (κ3) is 5.78. The van der Waals surface area contributed by atoms with Crippen LogP contribution in [0, 0.1) is 17.2 Å². The van der Waals surface area contributed by atoms with Gasteiger partial charge in [-0.2, -0.15) is 5.26 Å². The number of carbonyl (C=O) groups is 1. The Morgan fingerprint density at radius 1 is 1.24 bits per heavy atom. The van der Waals surface area contributed by atoms with Crippen LogP contribution in [-0.2, 0) is 11.3 Å². The topological polar surface area (TPSA) is 80.6 Å². The molecule has 0 radical (unpaired) electrons. The number of ether oxygens (including phenoxy) is 3. The van der Waals surface area contributed by atoms with Crippen molar-refractivity contribution in [3.05, 3.63) is 52.5 Å². The standard InChI is InChI=1S/C22H25ClN2O4/c1-5-28-21-17(23)10-15(11-19(21)27-4)13-25-22(26)20(14(2)3)29-18-9-7-6-8-16(18)12-24/h6-11,14,20H,5,13H2,1-4H3,(H,25,26). The summed E-state index contributed by atoms with van der Waals surface area (Å²) in [7, 11) is 1.53. The van der Waals surface area contributed by atoms with E-state index in [0.717, 1.165) is 5.56 Å². The molecule has 2 aromatic rings. The third-order valence-electron chi connectivity index (χ3n) is 4.17. The molecule has 1 unspecified atom stereocenters. The fraction of sp³-hybridized carbons (Fsp3) is 0.364. The second-order valence-corrected chi connectivity index (χ2v) is 7.06. The van der Waals surface area contributed by atoms with Crippen LogP contribution < -0.4 is 19.5 Å². The lowest BCUT2D eigenvalue weighted by molar-refractivity contribution is -0.130. The van der Waals surface area contributed by atoms with Crippen LogP contribution in [0.15, 0.2) is 36.4 Å². The highest BCUT2D eigenvalue weighted by atomic mass is 35.5. The molecular weight excluding hydrogens is 392 g/mol. The SMILES string of the molecule is CCOc1c(Cl)cc(CNC(=O)C(Oc2ccccc2C#N)C(C)C)cc1OC. The Bertz CT molecular complexity index is 893. The number of nitrogens with zero attached hydrogens (tertiary/aromatic N) is 1. The van der Waals surface area contributed by atoms with Crippen molar-refractivity contribution in [1.82, 2.24) is 5.32 Å². The number of carbonyl (C=O) groups excluding carboxylic acids is 1. The molecule has 2 rings (SSSR count). The van der Waals surface area contributed by atoms with Crippen LogP contribution in [0.25, 0.3) is 0 Å². The Kier molecular flexibility index (Phi) is 8.17. The maximum Gasteiger partial charge on any atom is 0.261 e. The fourth-order valence-corrected chi connectivity index (χ4v) is 3.03. The molecule has 2 aromatic carbocycles. The van der Waals surface area contributed by atoms with Gasteiger partial charge in [0.25, 0.3) is 5.91 Å². The summed E-state index contributed by atoms with van der Waals surface area (Å²) in [5.74, 6) is 0.984. The quantitative estimate of drug-likeness (QED) is 0.657. The van der Waals surface area contributed by atoms with Crippen molar-refractivity contribution < 1.29 is 19.0 Å². The smallest absolute Gasteiger partial charge is 0.261 e. The van der Waals surface area contributed by atoms with Gasteiger partial charge >= 0.3 is 0 Å². The lowest BCUT2D eigenvalue weighted by Crippen LogP contribution is -2.41. The summed E-state index contributed by atoms with van der Waals surface area (Å²) in [6.07, 6.45) is -0.746. The monoisotopic (exact) mass is 416 g/mol. The van der Waals surface area contributed by atoms with Crippen LogP contribution in [0.3, 0.4) is 0 Å². The molecule has 1 amide bonds. The molecule has 7 heteroatoms. The molecule has 0 aromatic heterocycles. The maximum atomic E-state index is 12.8. The molecule has 154 valence electrons.